The summed E-state index contributed by atoms with van der Waals surface area (Å²) in [6.45, 7) is 0.466. The monoisotopic (exact) mass is 350 g/mol. The lowest BCUT2D eigenvalue weighted by atomic mass is 9.65. The SMILES string of the molecule is NC(=O)c1cccc(C2=C3C=CC=C4C=C(Cl)C=CC43CNC2=O)c1. The van der Waals surface area contributed by atoms with Crippen molar-refractivity contribution in [3.8, 4) is 0 Å². The third-order valence-electron chi connectivity index (χ3n) is 4.81. The Labute approximate surface area is 150 Å². The molecule has 5 heteroatoms. The van der Waals surface area contributed by atoms with Crippen molar-refractivity contribution in [2.45, 2.75) is 0 Å². The van der Waals surface area contributed by atoms with Gasteiger partial charge in [-0.2, -0.15) is 0 Å². The Balaban J connectivity index is 1.95. The van der Waals surface area contributed by atoms with Gasteiger partial charge in [-0.3, -0.25) is 9.59 Å². The van der Waals surface area contributed by atoms with Gasteiger partial charge in [0, 0.05) is 17.1 Å². The molecular formula is C20H15ClN2O2. The third kappa shape index (κ3) is 2.37. The maximum atomic E-state index is 12.7. The number of carbonyl (C=O) groups is 2. The average molecular weight is 351 g/mol. The molecule has 1 aromatic carbocycles. The van der Waals surface area contributed by atoms with Crippen molar-refractivity contribution < 1.29 is 9.59 Å². The van der Waals surface area contributed by atoms with Crippen molar-refractivity contribution >= 4 is 29.0 Å². The predicted molar refractivity (Wildman–Crippen MR) is 97.6 cm³/mol. The summed E-state index contributed by atoms with van der Waals surface area (Å²) in [6.07, 6.45) is 11.7. The molecule has 25 heavy (non-hydrogen) atoms. The maximum Gasteiger partial charge on any atom is 0.252 e. The number of hydrogen-bond acceptors (Lipinski definition) is 2. The van der Waals surface area contributed by atoms with E-state index in [1.54, 1.807) is 18.2 Å². The summed E-state index contributed by atoms with van der Waals surface area (Å²) in [5, 5.41) is 3.63. The number of nitrogens with one attached hydrogen (secondary N) is 1. The first-order chi connectivity index (χ1) is 12.0. The second kappa shape index (κ2) is 5.60. The number of rotatable bonds is 2. The van der Waals surface area contributed by atoms with Gasteiger partial charge in [0.2, 0.25) is 5.91 Å². The quantitative estimate of drug-likeness (QED) is 0.860. The molecule has 4 rings (SSSR count). The molecule has 2 amide bonds. The molecule has 0 saturated carbocycles. The van der Waals surface area contributed by atoms with Crippen LogP contribution in [-0.4, -0.2) is 18.4 Å². The summed E-state index contributed by atoms with van der Waals surface area (Å²) in [6, 6.07) is 6.84. The van der Waals surface area contributed by atoms with Crippen molar-refractivity contribution in [1.29, 1.82) is 0 Å². The topological polar surface area (TPSA) is 72.2 Å². The molecule has 1 aromatic rings. The molecule has 2 aliphatic carbocycles. The van der Waals surface area contributed by atoms with E-state index in [0.717, 1.165) is 11.1 Å². The predicted octanol–water partition coefficient (Wildman–Crippen LogP) is 2.84. The molecule has 1 aliphatic heterocycles. The number of nitrogens with two attached hydrogens (primary N) is 1. The highest BCUT2D eigenvalue weighted by molar-refractivity contribution is 6.31. The van der Waals surface area contributed by atoms with E-state index >= 15 is 0 Å². The van der Waals surface area contributed by atoms with E-state index in [-0.39, 0.29) is 5.91 Å². The molecule has 124 valence electrons. The molecule has 1 unspecified atom stereocenters. The molecule has 1 spiro atoms. The van der Waals surface area contributed by atoms with Crippen molar-refractivity contribution in [3.63, 3.8) is 0 Å². The number of primary amides is 1. The molecule has 1 heterocycles. The highest BCUT2D eigenvalue weighted by Crippen LogP contribution is 2.48. The molecule has 0 radical (unpaired) electrons. The Kier molecular flexibility index (Phi) is 3.51. The Morgan fingerprint density at radius 2 is 2.12 bits per heavy atom. The molecular weight excluding hydrogens is 336 g/mol. The fourth-order valence-corrected chi connectivity index (χ4v) is 3.77. The van der Waals surface area contributed by atoms with E-state index in [2.05, 4.69) is 5.32 Å². The molecule has 3 N–H and O–H groups in total. The van der Waals surface area contributed by atoms with Gasteiger partial charge in [-0.15, -0.1) is 0 Å². The summed E-state index contributed by atoms with van der Waals surface area (Å²) in [7, 11) is 0. The lowest BCUT2D eigenvalue weighted by Gasteiger charge is -2.41. The second-order valence-corrected chi connectivity index (χ2v) is 6.67. The summed E-state index contributed by atoms with van der Waals surface area (Å²) >= 11 is 6.16. The number of allylic oxidation sites excluding steroid dienone is 6. The number of amides is 2. The first-order valence-electron chi connectivity index (χ1n) is 7.90. The summed E-state index contributed by atoms with van der Waals surface area (Å²) in [5.41, 5.74) is 8.45. The molecule has 1 atom stereocenters. The number of halogens is 1. The minimum absolute atomic E-state index is 0.165. The van der Waals surface area contributed by atoms with E-state index in [9.17, 15) is 9.59 Å². The lowest BCUT2D eigenvalue weighted by molar-refractivity contribution is -0.116. The van der Waals surface area contributed by atoms with Gasteiger partial charge in [-0.05, 0) is 41.0 Å². The number of hydrogen-bond donors (Lipinski definition) is 2. The van der Waals surface area contributed by atoms with E-state index in [4.69, 9.17) is 17.3 Å². The van der Waals surface area contributed by atoms with Crippen LogP contribution in [0.4, 0.5) is 0 Å². The molecule has 0 saturated heterocycles. The average Bonchev–Trinajstić information content (AvgIpc) is 2.61. The molecule has 3 aliphatic rings. The summed E-state index contributed by atoms with van der Waals surface area (Å²) in [5.74, 6) is -0.687. The third-order valence-corrected chi connectivity index (χ3v) is 5.05. The summed E-state index contributed by atoms with van der Waals surface area (Å²) < 4.78 is 0. The summed E-state index contributed by atoms with van der Waals surface area (Å²) in [4.78, 5) is 24.2. The van der Waals surface area contributed by atoms with Gasteiger partial charge in [-0.25, -0.2) is 0 Å². The molecule has 0 bridgehead atoms. The van der Waals surface area contributed by atoms with Crippen molar-refractivity contribution in [2.24, 2.45) is 11.1 Å². The highest BCUT2D eigenvalue weighted by atomic mass is 35.5. The standard InChI is InChI=1S/C20H15ClN2O2/c21-15-7-8-20-11-23-19(25)17(16(20)6-2-5-14(20)10-15)12-3-1-4-13(9-12)18(22)24/h1-10H,11H2,(H2,22,24)(H,23,25). The van der Waals surface area contributed by atoms with Gasteiger partial charge in [0.25, 0.3) is 5.91 Å². The molecule has 0 fully saturated rings. The normalized spacial score (nSPS) is 24.1. The van der Waals surface area contributed by atoms with E-state index < -0.39 is 11.3 Å². The fourth-order valence-electron chi connectivity index (χ4n) is 3.59. The minimum atomic E-state index is -0.523. The number of carbonyl (C=O) groups excluding carboxylic acids is 2. The van der Waals surface area contributed by atoms with Crippen molar-refractivity contribution in [1.82, 2.24) is 5.32 Å². The van der Waals surface area contributed by atoms with Gasteiger partial charge in [0.1, 0.15) is 0 Å². The van der Waals surface area contributed by atoms with Crippen LogP contribution in [-0.2, 0) is 4.79 Å². The Bertz CT molecular complexity index is 966. The van der Waals surface area contributed by atoms with Crippen molar-refractivity contribution in [3.05, 3.63) is 88.0 Å². The lowest BCUT2D eigenvalue weighted by Crippen LogP contribution is -2.45. The van der Waals surface area contributed by atoms with Crippen LogP contribution in [0.3, 0.4) is 0 Å². The number of benzene rings is 1. The van der Waals surface area contributed by atoms with Crippen LogP contribution in [0.15, 0.2) is 76.9 Å². The van der Waals surface area contributed by atoms with E-state index in [1.807, 2.05) is 42.5 Å². The van der Waals surface area contributed by atoms with Crippen LogP contribution in [0.5, 0.6) is 0 Å². The van der Waals surface area contributed by atoms with Gasteiger partial charge in [0.15, 0.2) is 0 Å². The van der Waals surface area contributed by atoms with E-state index in [1.165, 1.54) is 0 Å². The Morgan fingerprint density at radius 1 is 1.28 bits per heavy atom. The maximum absolute atomic E-state index is 12.7. The Hall–Kier alpha value is -2.85. The van der Waals surface area contributed by atoms with Gasteiger partial charge >= 0.3 is 0 Å². The molecule has 0 aromatic heterocycles. The van der Waals surface area contributed by atoms with Crippen LogP contribution in [0.1, 0.15) is 15.9 Å². The van der Waals surface area contributed by atoms with Crippen LogP contribution in [0, 0.1) is 5.41 Å². The van der Waals surface area contributed by atoms with Gasteiger partial charge < -0.3 is 11.1 Å². The Morgan fingerprint density at radius 3 is 2.92 bits per heavy atom. The first kappa shape index (κ1) is 15.7. The van der Waals surface area contributed by atoms with Crippen molar-refractivity contribution in [2.75, 3.05) is 6.54 Å². The van der Waals surface area contributed by atoms with Crippen LogP contribution in [0.25, 0.3) is 5.57 Å². The van der Waals surface area contributed by atoms with Gasteiger partial charge in [-0.1, -0.05) is 48.0 Å². The van der Waals surface area contributed by atoms with Crippen LogP contribution >= 0.6 is 11.6 Å². The zero-order valence-electron chi connectivity index (χ0n) is 13.3. The van der Waals surface area contributed by atoms with Crippen LogP contribution in [0.2, 0.25) is 0 Å². The fraction of sp³-hybridized carbons (Fsp3) is 0.100. The first-order valence-corrected chi connectivity index (χ1v) is 8.27. The smallest absolute Gasteiger partial charge is 0.252 e. The van der Waals surface area contributed by atoms with Gasteiger partial charge in [0.05, 0.1) is 11.0 Å². The minimum Gasteiger partial charge on any atom is -0.366 e. The second-order valence-electron chi connectivity index (χ2n) is 6.23. The van der Waals surface area contributed by atoms with E-state index in [0.29, 0.717) is 28.3 Å². The largest absolute Gasteiger partial charge is 0.366 e. The highest BCUT2D eigenvalue weighted by Gasteiger charge is 2.43. The zero-order chi connectivity index (χ0) is 17.6. The zero-order valence-corrected chi connectivity index (χ0v) is 14.0. The molecule has 4 nitrogen and oxygen atoms in total. The van der Waals surface area contributed by atoms with Crippen LogP contribution < -0.4 is 11.1 Å².